The summed E-state index contributed by atoms with van der Waals surface area (Å²) in [7, 11) is 0. The summed E-state index contributed by atoms with van der Waals surface area (Å²) in [6.07, 6.45) is 14.8. The number of aryl methyl sites for hydroxylation is 1. The minimum absolute atomic E-state index is 0.0603. The molecule has 1 unspecified atom stereocenters. The number of rotatable bonds is 22. The van der Waals surface area contributed by atoms with Gasteiger partial charge in [-0.05, 0) is 13.3 Å². The predicted molar refractivity (Wildman–Crippen MR) is 168 cm³/mol. The summed E-state index contributed by atoms with van der Waals surface area (Å²) in [5, 5.41) is 21.5. The molecular weight excluding hydrogens is 566 g/mol. The van der Waals surface area contributed by atoms with Crippen LogP contribution in [0, 0.1) is 6.92 Å². The SMILES string of the molecule is CCCCCCCCCCCCCCCCOCCC(=O)OC[C@H]1OC(n2cc(C(N)=O)c3c(N)nc(C)nc32)[C@H](O)[C@@H]1O. The molecule has 0 radical (unpaired) electrons. The molecule has 1 fully saturated rings. The second-order valence-corrected chi connectivity index (χ2v) is 11.9. The minimum Gasteiger partial charge on any atom is -0.463 e. The van der Waals surface area contributed by atoms with Gasteiger partial charge in [-0.25, -0.2) is 9.97 Å². The summed E-state index contributed by atoms with van der Waals surface area (Å²) in [4.78, 5) is 32.7. The molecule has 0 bridgehead atoms. The van der Waals surface area contributed by atoms with Gasteiger partial charge in [-0.2, -0.15) is 0 Å². The fourth-order valence-corrected chi connectivity index (χ4v) is 5.67. The number of hydrogen-bond acceptors (Lipinski definition) is 10. The largest absolute Gasteiger partial charge is 0.463 e. The molecule has 0 spiro atoms. The molecule has 248 valence electrons. The zero-order valence-corrected chi connectivity index (χ0v) is 26.5. The number of ether oxygens (including phenoxy) is 3. The topological polar surface area (TPSA) is 185 Å². The normalized spacial score (nSPS) is 20.0. The smallest absolute Gasteiger partial charge is 0.308 e. The summed E-state index contributed by atoms with van der Waals surface area (Å²) >= 11 is 0. The first-order valence-corrected chi connectivity index (χ1v) is 16.4. The molecule has 12 heteroatoms. The summed E-state index contributed by atoms with van der Waals surface area (Å²) in [5.41, 5.74) is 11.8. The number of amides is 1. The number of primary amides is 1. The van der Waals surface area contributed by atoms with E-state index in [-0.39, 0.29) is 42.0 Å². The Morgan fingerprint density at radius 2 is 1.50 bits per heavy atom. The van der Waals surface area contributed by atoms with Gasteiger partial charge in [0.05, 0.1) is 24.0 Å². The van der Waals surface area contributed by atoms with E-state index in [2.05, 4.69) is 16.9 Å². The summed E-state index contributed by atoms with van der Waals surface area (Å²) in [6.45, 7) is 4.48. The van der Waals surface area contributed by atoms with E-state index in [0.29, 0.717) is 12.4 Å². The average Bonchev–Trinajstić information content (AvgIpc) is 3.50. The van der Waals surface area contributed by atoms with Crippen molar-refractivity contribution in [1.29, 1.82) is 0 Å². The van der Waals surface area contributed by atoms with Crippen LogP contribution in [-0.4, -0.2) is 74.8 Å². The number of aliphatic hydroxyl groups excluding tert-OH is 2. The van der Waals surface area contributed by atoms with E-state index in [1.807, 2.05) is 0 Å². The Balaban J connectivity index is 1.27. The highest BCUT2D eigenvalue weighted by atomic mass is 16.6. The van der Waals surface area contributed by atoms with Gasteiger partial charge in [-0.3, -0.25) is 9.59 Å². The van der Waals surface area contributed by atoms with Crippen molar-refractivity contribution >= 4 is 28.7 Å². The lowest BCUT2D eigenvalue weighted by Gasteiger charge is -2.17. The number of nitrogens with zero attached hydrogens (tertiary/aromatic N) is 3. The molecule has 0 aromatic carbocycles. The first kappa shape index (κ1) is 35.7. The van der Waals surface area contributed by atoms with Crippen LogP contribution in [0.4, 0.5) is 5.82 Å². The Morgan fingerprint density at radius 1 is 0.909 bits per heavy atom. The molecule has 1 saturated heterocycles. The zero-order chi connectivity index (χ0) is 31.9. The van der Waals surface area contributed by atoms with E-state index in [0.717, 1.165) is 12.8 Å². The third-order valence-electron chi connectivity index (χ3n) is 8.19. The molecule has 3 rings (SSSR count). The van der Waals surface area contributed by atoms with Gasteiger partial charge in [0.25, 0.3) is 5.91 Å². The van der Waals surface area contributed by atoms with Gasteiger partial charge in [0.1, 0.15) is 42.2 Å². The van der Waals surface area contributed by atoms with Crippen molar-refractivity contribution in [3.05, 3.63) is 17.6 Å². The number of unbranched alkanes of at least 4 members (excludes halogenated alkanes) is 13. The van der Waals surface area contributed by atoms with E-state index in [1.54, 1.807) is 6.92 Å². The average molecular weight is 620 g/mol. The number of esters is 1. The van der Waals surface area contributed by atoms with Crippen LogP contribution in [0.15, 0.2) is 6.20 Å². The van der Waals surface area contributed by atoms with Crippen LogP contribution in [0.2, 0.25) is 0 Å². The van der Waals surface area contributed by atoms with Gasteiger partial charge in [0.15, 0.2) is 6.23 Å². The molecule has 1 aliphatic heterocycles. The molecule has 2 aromatic rings. The van der Waals surface area contributed by atoms with Crippen LogP contribution in [0.3, 0.4) is 0 Å². The first-order chi connectivity index (χ1) is 21.2. The maximum Gasteiger partial charge on any atom is 0.308 e. The maximum atomic E-state index is 12.2. The van der Waals surface area contributed by atoms with Crippen molar-refractivity contribution in [3.8, 4) is 0 Å². The van der Waals surface area contributed by atoms with Crippen molar-refractivity contribution in [2.24, 2.45) is 5.73 Å². The Labute approximate surface area is 260 Å². The molecule has 1 amide bonds. The summed E-state index contributed by atoms with van der Waals surface area (Å²) in [5.74, 6) is -0.836. The lowest BCUT2D eigenvalue weighted by atomic mass is 10.0. The fraction of sp³-hybridized carbons (Fsp3) is 0.750. The number of carbonyl (C=O) groups excluding carboxylic acids is 2. The van der Waals surface area contributed by atoms with Crippen molar-refractivity contribution in [1.82, 2.24) is 14.5 Å². The van der Waals surface area contributed by atoms with Gasteiger partial charge >= 0.3 is 5.97 Å². The van der Waals surface area contributed by atoms with Gasteiger partial charge < -0.3 is 40.5 Å². The lowest BCUT2D eigenvalue weighted by Crippen LogP contribution is -2.34. The van der Waals surface area contributed by atoms with Crippen LogP contribution in [0.5, 0.6) is 0 Å². The van der Waals surface area contributed by atoms with E-state index < -0.39 is 36.4 Å². The highest BCUT2D eigenvalue weighted by Gasteiger charge is 2.45. The van der Waals surface area contributed by atoms with Crippen molar-refractivity contribution < 1.29 is 34.0 Å². The molecule has 3 heterocycles. The van der Waals surface area contributed by atoms with Crippen molar-refractivity contribution in [2.45, 2.75) is 135 Å². The van der Waals surface area contributed by atoms with Crippen LogP contribution in [0.25, 0.3) is 11.0 Å². The van der Waals surface area contributed by atoms with Crippen molar-refractivity contribution in [3.63, 3.8) is 0 Å². The van der Waals surface area contributed by atoms with E-state index in [9.17, 15) is 19.8 Å². The fourth-order valence-electron chi connectivity index (χ4n) is 5.67. The van der Waals surface area contributed by atoms with Crippen LogP contribution in [0.1, 0.15) is 126 Å². The maximum absolute atomic E-state index is 12.2. The van der Waals surface area contributed by atoms with Gasteiger partial charge in [0, 0.05) is 12.8 Å². The molecule has 4 atom stereocenters. The summed E-state index contributed by atoms with van der Waals surface area (Å²) < 4.78 is 18.1. The van der Waals surface area contributed by atoms with Crippen molar-refractivity contribution in [2.75, 3.05) is 25.6 Å². The third-order valence-corrected chi connectivity index (χ3v) is 8.19. The first-order valence-electron chi connectivity index (χ1n) is 16.4. The van der Waals surface area contributed by atoms with E-state index in [1.165, 1.54) is 87.8 Å². The standard InChI is InChI=1S/C32H53N5O7/c1-3-4-5-6-7-8-9-10-11-12-13-14-15-16-18-42-19-17-25(38)43-21-24-27(39)28(40)32(44-24)37-20-23(30(34)41)26-29(33)35-22(2)36-31(26)37/h20,24,27-28,32,39-40H,3-19,21H2,1-2H3,(H2,34,41)(H2,33,35,36)/t24-,27-,28-,32?/m1/s1. The molecule has 12 nitrogen and oxygen atoms in total. The molecule has 2 aromatic heterocycles. The van der Waals surface area contributed by atoms with E-state index >= 15 is 0 Å². The van der Waals surface area contributed by atoms with Gasteiger partial charge in [-0.15, -0.1) is 0 Å². The number of fused-ring (bicyclic) bond motifs is 1. The molecule has 44 heavy (non-hydrogen) atoms. The number of carbonyl (C=O) groups is 2. The van der Waals surface area contributed by atoms with Gasteiger partial charge in [-0.1, -0.05) is 90.4 Å². The Hall–Kier alpha value is -2.80. The minimum atomic E-state index is -1.39. The monoisotopic (exact) mass is 619 g/mol. The highest BCUT2D eigenvalue weighted by Crippen LogP contribution is 2.35. The second-order valence-electron chi connectivity index (χ2n) is 11.9. The Kier molecular flexibility index (Phi) is 15.3. The molecule has 0 saturated carbocycles. The number of anilines is 1. The Bertz CT molecular complexity index is 1170. The molecule has 0 aliphatic carbocycles. The second kappa shape index (κ2) is 18.9. The van der Waals surface area contributed by atoms with Crippen LogP contribution < -0.4 is 11.5 Å². The zero-order valence-electron chi connectivity index (χ0n) is 26.5. The molecular formula is C32H53N5O7. The number of aromatic nitrogens is 3. The summed E-state index contributed by atoms with van der Waals surface area (Å²) in [6, 6.07) is 0. The highest BCUT2D eigenvalue weighted by molar-refractivity contribution is 6.08. The van der Waals surface area contributed by atoms with E-state index in [4.69, 9.17) is 25.7 Å². The van der Waals surface area contributed by atoms with Crippen LogP contribution in [-0.2, 0) is 19.0 Å². The number of nitrogen functional groups attached to an aromatic ring is 1. The number of aliphatic hydroxyl groups is 2. The van der Waals surface area contributed by atoms with Gasteiger partial charge in [0.2, 0.25) is 0 Å². The number of nitrogens with two attached hydrogens (primary N) is 2. The Morgan fingerprint density at radius 3 is 2.09 bits per heavy atom. The molecule has 6 N–H and O–H groups in total. The lowest BCUT2D eigenvalue weighted by molar-refractivity contribution is -0.151. The predicted octanol–water partition coefficient (Wildman–Crippen LogP) is 4.47. The molecule has 1 aliphatic rings. The number of hydrogen-bond donors (Lipinski definition) is 4. The third kappa shape index (κ3) is 10.7. The quantitative estimate of drug-likeness (QED) is 0.108. The van der Waals surface area contributed by atoms with Crippen LogP contribution >= 0.6 is 0 Å².